The molecule has 0 aromatic carbocycles. The van der Waals surface area contributed by atoms with Crippen molar-refractivity contribution in [3.63, 3.8) is 0 Å². The van der Waals surface area contributed by atoms with Crippen LogP contribution in [0.25, 0.3) is 0 Å². The highest BCUT2D eigenvalue weighted by atomic mass is 32.1. The molecule has 2 atom stereocenters. The second kappa shape index (κ2) is 3.16. The second-order valence-corrected chi connectivity index (χ2v) is 5.88. The summed E-state index contributed by atoms with van der Waals surface area (Å²) >= 11 is 1.64. The standard InChI is InChI=1S/C12H14O2S/c1-6-3-7(2)15-12(6)11(13)10-8-4-14-5-9(8)10/h3,8-10H,4-5H2,1-2H3. The average molecular weight is 222 g/mol. The molecular weight excluding hydrogens is 208 g/mol. The molecule has 2 unspecified atom stereocenters. The molecule has 2 nitrogen and oxygen atoms in total. The number of Topliss-reactive ketones (excluding diaryl/α,β-unsaturated/α-hetero) is 1. The highest BCUT2D eigenvalue weighted by Gasteiger charge is 2.58. The van der Waals surface area contributed by atoms with Crippen LogP contribution in [-0.4, -0.2) is 19.0 Å². The van der Waals surface area contributed by atoms with Crippen molar-refractivity contribution < 1.29 is 9.53 Å². The van der Waals surface area contributed by atoms with Gasteiger partial charge in [0.25, 0.3) is 0 Å². The van der Waals surface area contributed by atoms with E-state index in [0.29, 0.717) is 17.6 Å². The van der Waals surface area contributed by atoms with E-state index in [1.165, 1.54) is 4.88 Å². The fourth-order valence-corrected chi connectivity index (χ4v) is 3.68. The Balaban J connectivity index is 1.84. The maximum absolute atomic E-state index is 12.2. The Labute approximate surface area is 93.3 Å². The van der Waals surface area contributed by atoms with Gasteiger partial charge in [-0.15, -0.1) is 11.3 Å². The molecular formula is C12H14O2S. The topological polar surface area (TPSA) is 26.3 Å². The molecule has 15 heavy (non-hydrogen) atoms. The third-order valence-electron chi connectivity index (χ3n) is 3.52. The maximum atomic E-state index is 12.2. The van der Waals surface area contributed by atoms with Crippen LogP contribution in [0.2, 0.25) is 0 Å². The van der Waals surface area contributed by atoms with Crippen molar-refractivity contribution in [1.82, 2.24) is 0 Å². The van der Waals surface area contributed by atoms with E-state index in [0.717, 1.165) is 23.7 Å². The molecule has 0 radical (unpaired) electrons. The van der Waals surface area contributed by atoms with E-state index in [1.54, 1.807) is 11.3 Å². The Morgan fingerprint density at radius 2 is 2.07 bits per heavy atom. The molecule has 1 saturated carbocycles. The fraction of sp³-hybridized carbons (Fsp3) is 0.583. The highest BCUT2D eigenvalue weighted by molar-refractivity contribution is 7.14. The van der Waals surface area contributed by atoms with Crippen molar-refractivity contribution in [1.29, 1.82) is 0 Å². The van der Waals surface area contributed by atoms with Gasteiger partial charge in [0.1, 0.15) is 0 Å². The lowest BCUT2D eigenvalue weighted by atomic mass is 10.1. The summed E-state index contributed by atoms with van der Waals surface area (Å²) in [6, 6.07) is 2.10. The van der Waals surface area contributed by atoms with Gasteiger partial charge in [0.2, 0.25) is 0 Å². The van der Waals surface area contributed by atoms with Gasteiger partial charge in [0, 0.05) is 10.8 Å². The maximum Gasteiger partial charge on any atom is 0.176 e. The second-order valence-electron chi connectivity index (χ2n) is 4.62. The minimum atomic E-state index is 0.274. The number of ether oxygens (including phenoxy) is 1. The van der Waals surface area contributed by atoms with Gasteiger partial charge >= 0.3 is 0 Å². The molecule has 80 valence electrons. The number of thiophene rings is 1. The van der Waals surface area contributed by atoms with E-state index in [2.05, 4.69) is 13.0 Å². The lowest BCUT2D eigenvalue weighted by molar-refractivity contribution is 0.0897. The summed E-state index contributed by atoms with van der Waals surface area (Å²) in [4.78, 5) is 14.4. The van der Waals surface area contributed by atoms with Crippen molar-refractivity contribution in [2.24, 2.45) is 17.8 Å². The van der Waals surface area contributed by atoms with Gasteiger partial charge in [-0.3, -0.25) is 4.79 Å². The molecule has 2 aliphatic rings. The van der Waals surface area contributed by atoms with Crippen LogP contribution >= 0.6 is 11.3 Å². The van der Waals surface area contributed by atoms with Gasteiger partial charge < -0.3 is 4.74 Å². The lowest BCUT2D eigenvalue weighted by Crippen LogP contribution is -2.09. The summed E-state index contributed by atoms with van der Waals surface area (Å²) in [6.07, 6.45) is 0. The number of hydrogen-bond donors (Lipinski definition) is 0. The van der Waals surface area contributed by atoms with E-state index in [-0.39, 0.29) is 5.92 Å². The van der Waals surface area contributed by atoms with Gasteiger partial charge in [-0.25, -0.2) is 0 Å². The van der Waals surface area contributed by atoms with E-state index < -0.39 is 0 Å². The Hall–Kier alpha value is -0.670. The molecule has 3 rings (SSSR count). The zero-order valence-corrected chi connectivity index (χ0v) is 9.76. The monoisotopic (exact) mass is 222 g/mol. The first-order valence-electron chi connectivity index (χ1n) is 5.37. The predicted molar refractivity (Wildman–Crippen MR) is 59.4 cm³/mol. The number of carbonyl (C=O) groups is 1. The first kappa shape index (κ1) is 9.55. The van der Waals surface area contributed by atoms with E-state index in [4.69, 9.17) is 4.74 Å². The van der Waals surface area contributed by atoms with Gasteiger partial charge in [-0.1, -0.05) is 0 Å². The molecule has 0 amide bonds. The van der Waals surface area contributed by atoms with Crippen LogP contribution in [0.5, 0.6) is 0 Å². The summed E-state index contributed by atoms with van der Waals surface area (Å²) < 4.78 is 5.31. The molecule has 2 heterocycles. The number of rotatable bonds is 2. The molecule has 3 heteroatoms. The van der Waals surface area contributed by atoms with Crippen molar-refractivity contribution in [3.05, 3.63) is 21.4 Å². The molecule has 0 bridgehead atoms. The Kier molecular flexibility index (Phi) is 2.01. The third-order valence-corrected chi connectivity index (χ3v) is 4.69. The number of ketones is 1. The number of carbonyl (C=O) groups excluding carboxylic acids is 1. The normalized spacial score (nSPS) is 32.8. The van der Waals surface area contributed by atoms with Crippen LogP contribution < -0.4 is 0 Å². The SMILES string of the molecule is Cc1cc(C)c(C(=O)C2C3COCC32)s1. The van der Waals surface area contributed by atoms with Gasteiger partial charge in [-0.2, -0.15) is 0 Å². The predicted octanol–water partition coefficient (Wildman–Crippen LogP) is 2.44. The Bertz CT molecular complexity index is 411. The van der Waals surface area contributed by atoms with Crippen molar-refractivity contribution >= 4 is 17.1 Å². The lowest BCUT2D eigenvalue weighted by Gasteiger charge is -2.02. The smallest absolute Gasteiger partial charge is 0.176 e. The molecule has 1 saturated heterocycles. The molecule has 0 spiro atoms. The quantitative estimate of drug-likeness (QED) is 0.718. The van der Waals surface area contributed by atoms with Crippen LogP contribution in [0.3, 0.4) is 0 Å². The summed E-state index contributed by atoms with van der Waals surface area (Å²) in [7, 11) is 0. The zero-order chi connectivity index (χ0) is 10.6. The zero-order valence-electron chi connectivity index (χ0n) is 8.95. The summed E-state index contributed by atoms with van der Waals surface area (Å²) in [5.41, 5.74) is 1.15. The van der Waals surface area contributed by atoms with Crippen LogP contribution in [0, 0.1) is 31.6 Å². The van der Waals surface area contributed by atoms with Crippen molar-refractivity contribution in [2.45, 2.75) is 13.8 Å². The largest absolute Gasteiger partial charge is 0.381 e. The molecule has 2 fully saturated rings. The third kappa shape index (κ3) is 1.37. The Morgan fingerprint density at radius 1 is 1.40 bits per heavy atom. The minimum absolute atomic E-state index is 0.274. The number of aryl methyl sites for hydroxylation is 2. The Morgan fingerprint density at radius 3 is 2.60 bits per heavy atom. The van der Waals surface area contributed by atoms with Gasteiger partial charge in [0.05, 0.1) is 18.1 Å². The summed E-state index contributed by atoms with van der Waals surface area (Å²) in [5, 5.41) is 0. The molecule has 1 aliphatic carbocycles. The fourth-order valence-electron chi connectivity index (χ4n) is 2.67. The van der Waals surface area contributed by atoms with Crippen LogP contribution in [0.15, 0.2) is 6.07 Å². The number of hydrogen-bond acceptors (Lipinski definition) is 3. The van der Waals surface area contributed by atoms with E-state index in [1.807, 2.05) is 6.92 Å². The van der Waals surface area contributed by atoms with Crippen LogP contribution in [0.4, 0.5) is 0 Å². The molecule has 1 aliphatic heterocycles. The first-order chi connectivity index (χ1) is 7.18. The molecule has 1 aromatic heterocycles. The minimum Gasteiger partial charge on any atom is -0.381 e. The van der Waals surface area contributed by atoms with Crippen LogP contribution in [0.1, 0.15) is 20.1 Å². The van der Waals surface area contributed by atoms with Gasteiger partial charge in [-0.05, 0) is 37.3 Å². The van der Waals surface area contributed by atoms with Gasteiger partial charge in [0.15, 0.2) is 5.78 Å². The average Bonchev–Trinajstić information content (AvgIpc) is 2.58. The molecule has 1 aromatic rings. The summed E-state index contributed by atoms with van der Waals surface area (Å²) in [6.45, 7) is 5.69. The number of fused-ring (bicyclic) bond motifs is 1. The first-order valence-corrected chi connectivity index (χ1v) is 6.19. The van der Waals surface area contributed by atoms with Crippen molar-refractivity contribution in [2.75, 3.05) is 13.2 Å². The van der Waals surface area contributed by atoms with E-state index in [9.17, 15) is 4.79 Å². The van der Waals surface area contributed by atoms with Crippen molar-refractivity contribution in [3.8, 4) is 0 Å². The molecule has 0 N–H and O–H groups in total. The summed E-state index contributed by atoms with van der Waals surface area (Å²) in [5.74, 6) is 1.69. The van der Waals surface area contributed by atoms with Crippen LogP contribution in [-0.2, 0) is 4.74 Å². The van der Waals surface area contributed by atoms with E-state index >= 15 is 0 Å². The highest BCUT2D eigenvalue weighted by Crippen LogP contribution is 2.52.